The van der Waals surface area contributed by atoms with Crippen LogP contribution in [0.4, 0.5) is 0 Å². The molecule has 0 amide bonds. The lowest BCUT2D eigenvalue weighted by atomic mass is 10.1. The maximum atomic E-state index is 5.26. The van der Waals surface area contributed by atoms with E-state index in [2.05, 4.69) is 40.8 Å². The van der Waals surface area contributed by atoms with E-state index in [0.29, 0.717) is 5.92 Å². The molecule has 0 aliphatic heterocycles. The molecule has 0 saturated heterocycles. The Labute approximate surface area is 97.8 Å². The van der Waals surface area contributed by atoms with Gasteiger partial charge in [0.1, 0.15) is 5.75 Å². The third kappa shape index (κ3) is 1.76. The van der Waals surface area contributed by atoms with Crippen LogP contribution in [0.15, 0.2) is 22.7 Å². The Hall–Kier alpha value is -0.960. The fraction of sp³-hybridized carbons (Fsp3) is 0.333. The molecule has 2 nitrogen and oxygen atoms in total. The maximum Gasteiger partial charge on any atom is 0.133 e. The average Bonchev–Trinajstić information content (AvgIpc) is 2.63. The van der Waals surface area contributed by atoms with Gasteiger partial charge in [-0.05, 0) is 40.0 Å². The van der Waals surface area contributed by atoms with Crippen LogP contribution in [0.1, 0.15) is 25.5 Å². The molecule has 1 heterocycles. The predicted octanol–water partition coefficient (Wildman–Crippen LogP) is 4.06. The number of benzene rings is 1. The van der Waals surface area contributed by atoms with Gasteiger partial charge in [-0.3, -0.25) is 0 Å². The molecule has 3 heteroatoms. The van der Waals surface area contributed by atoms with E-state index in [4.69, 9.17) is 4.74 Å². The van der Waals surface area contributed by atoms with Crippen LogP contribution in [0.25, 0.3) is 10.9 Å². The third-order valence-corrected chi connectivity index (χ3v) is 3.38. The molecule has 0 fully saturated rings. The Morgan fingerprint density at radius 2 is 2.07 bits per heavy atom. The van der Waals surface area contributed by atoms with Gasteiger partial charge in [-0.2, -0.15) is 0 Å². The predicted molar refractivity (Wildman–Crippen MR) is 66.6 cm³/mol. The second kappa shape index (κ2) is 3.89. The zero-order chi connectivity index (χ0) is 11.0. The van der Waals surface area contributed by atoms with E-state index in [9.17, 15) is 0 Å². The molecule has 0 spiro atoms. The highest BCUT2D eigenvalue weighted by molar-refractivity contribution is 9.10. The standard InChI is InChI=1S/C12H14BrNO/c1-7(2)10-6-8-9(14-10)4-5-11(15-3)12(8)13/h4-7,14H,1-3H3. The van der Waals surface area contributed by atoms with E-state index in [1.807, 2.05) is 12.1 Å². The molecule has 0 atom stereocenters. The number of fused-ring (bicyclic) bond motifs is 1. The molecule has 1 N–H and O–H groups in total. The third-order valence-electron chi connectivity index (χ3n) is 2.57. The van der Waals surface area contributed by atoms with Crippen molar-refractivity contribution in [3.63, 3.8) is 0 Å². The first kappa shape index (κ1) is 10.6. The van der Waals surface area contributed by atoms with Gasteiger partial charge in [0.05, 0.1) is 11.6 Å². The molecule has 0 aliphatic rings. The van der Waals surface area contributed by atoms with Crippen LogP contribution in [-0.2, 0) is 0 Å². The number of nitrogens with one attached hydrogen (secondary N) is 1. The van der Waals surface area contributed by atoms with Gasteiger partial charge in [0.15, 0.2) is 0 Å². The van der Waals surface area contributed by atoms with Crippen LogP contribution < -0.4 is 4.74 Å². The van der Waals surface area contributed by atoms with Crippen molar-refractivity contribution in [2.45, 2.75) is 19.8 Å². The number of rotatable bonds is 2. The molecule has 1 aromatic carbocycles. The summed E-state index contributed by atoms with van der Waals surface area (Å²) in [5.41, 5.74) is 2.39. The minimum absolute atomic E-state index is 0.510. The topological polar surface area (TPSA) is 25.0 Å². The highest BCUT2D eigenvalue weighted by Gasteiger charge is 2.10. The van der Waals surface area contributed by atoms with Crippen LogP contribution in [0, 0.1) is 0 Å². The smallest absolute Gasteiger partial charge is 0.133 e. The molecule has 0 bridgehead atoms. The summed E-state index contributed by atoms with van der Waals surface area (Å²) in [6.07, 6.45) is 0. The van der Waals surface area contributed by atoms with Crippen LogP contribution >= 0.6 is 15.9 Å². The molecule has 80 valence electrons. The largest absolute Gasteiger partial charge is 0.496 e. The molecular weight excluding hydrogens is 254 g/mol. The Bertz CT molecular complexity index is 488. The number of halogens is 1. The van der Waals surface area contributed by atoms with Crippen molar-refractivity contribution in [3.8, 4) is 5.75 Å². The van der Waals surface area contributed by atoms with Gasteiger partial charge < -0.3 is 9.72 Å². The molecule has 1 aromatic heterocycles. The van der Waals surface area contributed by atoms with E-state index in [0.717, 1.165) is 15.7 Å². The van der Waals surface area contributed by atoms with Crippen LogP contribution in [0.3, 0.4) is 0 Å². The number of aromatic amines is 1. The van der Waals surface area contributed by atoms with Crippen molar-refractivity contribution in [1.29, 1.82) is 0 Å². The number of hydrogen-bond acceptors (Lipinski definition) is 1. The van der Waals surface area contributed by atoms with Gasteiger partial charge in [-0.15, -0.1) is 0 Å². The van der Waals surface area contributed by atoms with Crippen LogP contribution in [0.2, 0.25) is 0 Å². The monoisotopic (exact) mass is 267 g/mol. The maximum absolute atomic E-state index is 5.26. The number of methoxy groups -OCH3 is 1. The van der Waals surface area contributed by atoms with E-state index in [1.165, 1.54) is 11.1 Å². The second-order valence-electron chi connectivity index (χ2n) is 3.92. The van der Waals surface area contributed by atoms with Gasteiger partial charge >= 0.3 is 0 Å². The lowest BCUT2D eigenvalue weighted by Gasteiger charge is -2.02. The molecule has 0 unspecified atom stereocenters. The van der Waals surface area contributed by atoms with Crippen LogP contribution in [-0.4, -0.2) is 12.1 Å². The fourth-order valence-electron chi connectivity index (χ4n) is 1.64. The van der Waals surface area contributed by atoms with Crippen molar-refractivity contribution in [2.24, 2.45) is 0 Å². The first-order chi connectivity index (χ1) is 7.13. The molecule has 15 heavy (non-hydrogen) atoms. The van der Waals surface area contributed by atoms with Gasteiger partial charge in [0, 0.05) is 16.6 Å². The van der Waals surface area contributed by atoms with Gasteiger partial charge in [-0.1, -0.05) is 13.8 Å². The summed E-state index contributed by atoms with van der Waals surface area (Å²) in [4.78, 5) is 3.40. The highest BCUT2D eigenvalue weighted by Crippen LogP contribution is 2.34. The van der Waals surface area contributed by atoms with Gasteiger partial charge in [0.2, 0.25) is 0 Å². The SMILES string of the molecule is COc1ccc2[nH]c(C(C)C)cc2c1Br. The minimum atomic E-state index is 0.510. The van der Waals surface area contributed by atoms with Crippen molar-refractivity contribution in [3.05, 3.63) is 28.4 Å². The Morgan fingerprint density at radius 3 is 2.67 bits per heavy atom. The Morgan fingerprint density at radius 1 is 1.33 bits per heavy atom. The summed E-state index contributed by atoms with van der Waals surface area (Å²) in [7, 11) is 1.68. The summed E-state index contributed by atoms with van der Waals surface area (Å²) in [5, 5.41) is 1.18. The summed E-state index contributed by atoms with van der Waals surface area (Å²) in [6, 6.07) is 6.18. The van der Waals surface area contributed by atoms with E-state index in [1.54, 1.807) is 7.11 Å². The lowest BCUT2D eigenvalue weighted by Crippen LogP contribution is -1.84. The summed E-state index contributed by atoms with van der Waals surface area (Å²) >= 11 is 3.56. The first-order valence-corrected chi connectivity index (χ1v) is 5.78. The normalized spacial score (nSPS) is 11.3. The van der Waals surface area contributed by atoms with E-state index < -0.39 is 0 Å². The first-order valence-electron chi connectivity index (χ1n) is 4.98. The number of hydrogen-bond donors (Lipinski definition) is 1. The summed E-state index contributed by atoms with van der Waals surface area (Å²) in [5.74, 6) is 1.38. The van der Waals surface area contributed by atoms with Crippen molar-refractivity contribution < 1.29 is 4.74 Å². The molecule has 2 rings (SSSR count). The quantitative estimate of drug-likeness (QED) is 0.872. The fourth-order valence-corrected chi connectivity index (χ4v) is 2.26. The zero-order valence-electron chi connectivity index (χ0n) is 9.10. The second-order valence-corrected chi connectivity index (χ2v) is 4.72. The van der Waals surface area contributed by atoms with Crippen LogP contribution in [0.5, 0.6) is 5.75 Å². The van der Waals surface area contributed by atoms with Crippen molar-refractivity contribution >= 4 is 26.8 Å². The molecule has 0 aliphatic carbocycles. The molecule has 0 saturated carbocycles. The summed E-state index contributed by atoms with van der Waals surface area (Å²) < 4.78 is 6.28. The molecule has 2 aromatic rings. The average molecular weight is 268 g/mol. The molecule has 0 radical (unpaired) electrons. The number of ether oxygens (including phenoxy) is 1. The lowest BCUT2D eigenvalue weighted by molar-refractivity contribution is 0.413. The Balaban J connectivity index is 2.66. The van der Waals surface area contributed by atoms with Gasteiger partial charge in [-0.25, -0.2) is 0 Å². The van der Waals surface area contributed by atoms with E-state index in [-0.39, 0.29) is 0 Å². The van der Waals surface area contributed by atoms with Crippen molar-refractivity contribution in [1.82, 2.24) is 4.98 Å². The molecular formula is C12H14BrNO. The van der Waals surface area contributed by atoms with E-state index >= 15 is 0 Å². The minimum Gasteiger partial charge on any atom is -0.496 e. The van der Waals surface area contributed by atoms with Crippen molar-refractivity contribution in [2.75, 3.05) is 7.11 Å². The highest BCUT2D eigenvalue weighted by atomic mass is 79.9. The van der Waals surface area contributed by atoms with Gasteiger partial charge in [0.25, 0.3) is 0 Å². The number of H-pyrrole nitrogens is 1. The zero-order valence-corrected chi connectivity index (χ0v) is 10.7. The number of aromatic nitrogens is 1. The summed E-state index contributed by atoms with van der Waals surface area (Å²) in [6.45, 7) is 4.35. The Kier molecular flexibility index (Phi) is 2.74.